The number of hydrogen-bond acceptors (Lipinski definition) is 4. The Balaban J connectivity index is 2.12. The zero-order chi connectivity index (χ0) is 12.4. The summed E-state index contributed by atoms with van der Waals surface area (Å²) in [5.41, 5.74) is 2.23. The summed E-state index contributed by atoms with van der Waals surface area (Å²) in [5.74, 6) is 0.893. The van der Waals surface area contributed by atoms with E-state index in [1.54, 1.807) is 7.11 Å². The molecule has 1 aromatic carbocycles. The molecule has 1 fully saturated rings. The summed E-state index contributed by atoms with van der Waals surface area (Å²) in [6, 6.07) is 8.16. The fourth-order valence-corrected chi connectivity index (χ4v) is 2.41. The number of pyridine rings is 1. The van der Waals surface area contributed by atoms with Gasteiger partial charge in [0.25, 0.3) is 0 Å². The second kappa shape index (κ2) is 4.82. The highest BCUT2D eigenvalue weighted by molar-refractivity contribution is 5.92. The number of methoxy groups -OCH3 is 1. The van der Waals surface area contributed by atoms with Gasteiger partial charge < -0.3 is 15.0 Å². The van der Waals surface area contributed by atoms with Gasteiger partial charge in [0.05, 0.1) is 18.3 Å². The second-order valence-electron chi connectivity index (χ2n) is 4.46. The highest BCUT2D eigenvalue weighted by Gasteiger charge is 2.15. The van der Waals surface area contributed by atoms with Crippen LogP contribution in [0.5, 0.6) is 5.75 Å². The standard InChI is InChI=1S/C14H17N3O/c1-18-12-9-11-3-2-4-16-14(11)13(10-12)17-7-5-15-6-8-17/h2-4,9-10,15H,5-8H2,1H3. The minimum absolute atomic E-state index is 0.893. The third-order valence-electron chi connectivity index (χ3n) is 3.35. The zero-order valence-corrected chi connectivity index (χ0v) is 10.5. The first-order valence-corrected chi connectivity index (χ1v) is 6.27. The summed E-state index contributed by atoms with van der Waals surface area (Å²) in [4.78, 5) is 6.88. The maximum atomic E-state index is 5.38. The van der Waals surface area contributed by atoms with E-state index in [9.17, 15) is 0 Å². The van der Waals surface area contributed by atoms with Gasteiger partial charge >= 0.3 is 0 Å². The Bertz CT molecular complexity index is 550. The van der Waals surface area contributed by atoms with Crippen molar-refractivity contribution in [2.75, 3.05) is 38.2 Å². The molecule has 1 aliphatic heterocycles. The van der Waals surface area contributed by atoms with Crippen molar-refractivity contribution >= 4 is 16.6 Å². The number of aromatic nitrogens is 1. The minimum atomic E-state index is 0.893. The van der Waals surface area contributed by atoms with Crippen LogP contribution in [-0.2, 0) is 0 Å². The number of hydrogen-bond donors (Lipinski definition) is 1. The summed E-state index contributed by atoms with van der Waals surface area (Å²) in [6.45, 7) is 4.06. The summed E-state index contributed by atoms with van der Waals surface area (Å²) >= 11 is 0. The van der Waals surface area contributed by atoms with Crippen LogP contribution in [0.15, 0.2) is 30.5 Å². The molecule has 3 rings (SSSR count). The number of nitrogens with zero attached hydrogens (tertiary/aromatic N) is 2. The summed E-state index contributed by atoms with van der Waals surface area (Å²) in [5, 5.41) is 4.50. The van der Waals surface area contributed by atoms with Crippen LogP contribution in [0, 0.1) is 0 Å². The molecule has 0 spiro atoms. The van der Waals surface area contributed by atoms with Crippen LogP contribution in [-0.4, -0.2) is 38.3 Å². The first-order valence-electron chi connectivity index (χ1n) is 6.27. The fourth-order valence-electron chi connectivity index (χ4n) is 2.41. The molecule has 0 aliphatic carbocycles. The van der Waals surface area contributed by atoms with E-state index < -0.39 is 0 Å². The average Bonchev–Trinajstić information content (AvgIpc) is 2.47. The second-order valence-corrected chi connectivity index (χ2v) is 4.46. The van der Waals surface area contributed by atoms with Gasteiger partial charge in [0, 0.05) is 43.8 Å². The van der Waals surface area contributed by atoms with Gasteiger partial charge in [-0.15, -0.1) is 0 Å². The van der Waals surface area contributed by atoms with Crippen LogP contribution in [0.3, 0.4) is 0 Å². The third-order valence-corrected chi connectivity index (χ3v) is 3.35. The third kappa shape index (κ3) is 1.99. The molecule has 0 radical (unpaired) electrons. The maximum absolute atomic E-state index is 5.38. The summed E-state index contributed by atoms with van der Waals surface area (Å²) < 4.78 is 5.38. The predicted octanol–water partition coefficient (Wildman–Crippen LogP) is 1.65. The quantitative estimate of drug-likeness (QED) is 0.870. The Morgan fingerprint density at radius 3 is 2.89 bits per heavy atom. The van der Waals surface area contributed by atoms with Gasteiger partial charge in [-0.1, -0.05) is 6.07 Å². The largest absolute Gasteiger partial charge is 0.497 e. The van der Waals surface area contributed by atoms with E-state index in [1.165, 1.54) is 5.69 Å². The molecule has 1 aromatic heterocycles. The Hall–Kier alpha value is -1.81. The van der Waals surface area contributed by atoms with E-state index in [1.807, 2.05) is 18.3 Å². The number of anilines is 1. The van der Waals surface area contributed by atoms with Crippen LogP contribution in [0.25, 0.3) is 10.9 Å². The first-order chi connectivity index (χ1) is 8.88. The lowest BCUT2D eigenvalue weighted by Gasteiger charge is -2.30. The van der Waals surface area contributed by atoms with Crippen molar-refractivity contribution in [3.63, 3.8) is 0 Å². The lowest BCUT2D eigenvalue weighted by atomic mass is 10.1. The van der Waals surface area contributed by atoms with Crippen LogP contribution in [0.4, 0.5) is 5.69 Å². The van der Waals surface area contributed by atoms with Crippen LogP contribution < -0.4 is 15.0 Å². The first kappa shape index (κ1) is 11.3. The number of piperazine rings is 1. The van der Waals surface area contributed by atoms with E-state index >= 15 is 0 Å². The SMILES string of the molecule is COc1cc(N2CCNCC2)c2ncccc2c1. The highest BCUT2D eigenvalue weighted by atomic mass is 16.5. The molecule has 0 atom stereocenters. The normalized spacial score (nSPS) is 15.9. The van der Waals surface area contributed by atoms with Crippen molar-refractivity contribution in [2.45, 2.75) is 0 Å². The molecule has 4 nitrogen and oxygen atoms in total. The van der Waals surface area contributed by atoms with Gasteiger partial charge in [-0.3, -0.25) is 4.98 Å². The predicted molar refractivity (Wildman–Crippen MR) is 73.4 cm³/mol. The Morgan fingerprint density at radius 2 is 2.11 bits per heavy atom. The van der Waals surface area contributed by atoms with Crippen molar-refractivity contribution in [3.05, 3.63) is 30.5 Å². The average molecular weight is 243 g/mol. The van der Waals surface area contributed by atoms with E-state index in [2.05, 4.69) is 27.3 Å². The van der Waals surface area contributed by atoms with E-state index in [0.717, 1.165) is 42.8 Å². The van der Waals surface area contributed by atoms with E-state index in [-0.39, 0.29) is 0 Å². The highest BCUT2D eigenvalue weighted by Crippen LogP contribution is 2.30. The number of nitrogens with one attached hydrogen (secondary N) is 1. The lowest BCUT2D eigenvalue weighted by molar-refractivity contribution is 0.415. The van der Waals surface area contributed by atoms with E-state index in [4.69, 9.17) is 4.74 Å². The van der Waals surface area contributed by atoms with Gasteiger partial charge in [0.2, 0.25) is 0 Å². The van der Waals surface area contributed by atoms with Crippen molar-refractivity contribution < 1.29 is 4.74 Å². The lowest BCUT2D eigenvalue weighted by Crippen LogP contribution is -2.43. The molecule has 4 heteroatoms. The van der Waals surface area contributed by atoms with Gasteiger partial charge in [-0.25, -0.2) is 0 Å². The topological polar surface area (TPSA) is 37.4 Å². The van der Waals surface area contributed by atoms with Gasteiger partial charge in [-0.2, -0.15) is 0 Å². The van der Waals surface area contributed by atoms with Gasteiger partial charge in [-0.05, 0) is 12.1 Å². The van der Waals surface area contributed by atoms with Crippen molar-refractivity contribution in [1.29, 1.82) is 0 Å². The van der Waals surface area contributed by atoms with Crippen molar-refractivity contribution in [3.8, 4) is 5.75 Å². The molecule has 1 N–H and O–H groups in total. The Labute approximate surface area is 107 Å². The molecule has 2 heterocycles. The molecule has 18 heavy (non-hydrogen) atoms. The molecule has 94 valence electrons. The minimum Gasteiger partial charge on any atom is -0.497 e. The number of ether oxygens (including phenoxy) is 1. The van der Waals surface area contributed by atoms with Gasteiger partial charge in [0.15, 0.2) is 0 Å². The number of fused-ring (bicyclic) bond motifs is 1. The zero-order valence-electron chi connectivity index (χ0n) is 10.5. The molecular formula is C14H17N3O. The fraction of sp³-hybridized carbons (Fsp3) is 0.357. The molecule has 2 aromatic rings. The maximum Gasteiger partial charge on any atom is 0.121 e. The molecule has 1 aliphatic rings. The van der Waals surface area contributed by atoms with E-state index in [0.29, 0.717) is 0 Å². The van der Waals surface area contributed by atoms with Crippen LogP contribution in [0.2, 0.25) is 0 Å². The molecule has 0 bridgehead atoms. The monoisotopic (exact) mass is 243 g/mol. The molecule has 0 amide bonds. The summed E-state index contributed by atoms with van der Waals surface area (Å²) in [6.07, 6.45) is 1.85. The molecule has 0 saturated carbocycles. The summed E-state index contributed by atoms with van der Waals surface area (Å²) in [7, 11) is 1.71. The van der Waals surface area contributed by atoms with Crippen molar-refractivity contribution in [2.24, 2.45) is 0 Å². The number of rotatable bonds is 2. The van der Waals surface area contributed by atoms with Crippen LogP contribution in [0.1, 0.15) is 0 Å². The molecular weight excluding hydrogens is 226 g/mol. The smallest absolute Gasteiger partial charge is 0.121 e. The Morgan fingerprint density at radius 1 is 1.28 bits per heavy atom. The number of benzene rings is 1. The van der Waals surface area contributed by atoms with Gasteiger partial charge in [0.1, 0.15) is 5.75 Å². The van der Waals surface area contributed by atoms with Crippen LogP contribution >= 0.6 is 0 Å². The molecule has 1 saturated heterocycles. The Kier molecular flexibility index (Phi) is 3.02. The molecule has 0 unspecified atom stereocenters. The van der Waals surface area contributed by atoms with Crippen molar-refractivity contribution in [1.82, 2.24) is 10.3 Å².